The number of halogens is 1. The Morgan fingerprint density at radius 1 is 0.912 bits per heavy atom. The Bertz CT molecular complexity index is 1100. The highest BCUT2D eigenvalue weighted by Crippen LogP contribution is 2.29. The van der Waals surface area contributed by atoms with Crippen LogP contribution in [0.5, 0.6) is 17.2 Å². The van der Waals surface area contributed by atoms with Crippen molar-refractivity contribution in [2.75, 3.05) is 44.1 Å². The molecule has 178 valence electrons. The van der Waals surface area contributed by atoms with E-state index in [1.807, 2.05) is 62.3 Å². The lowest BCUT2D eigenvalue weighted by molar-refractivity contribution is -0.111. The predicted molar refractivity (Wildman–Crippen MR) is 133 cm³/mol. The van der Waals surface area contributed by atoms with Gasteiger partial charge in [-0.15, -0.1) is 0 Å². The summed E-state index contributed by atoms with van der Waals surface area (Å²) < 4.78 is 30.0. The van der Waals surface area contributed by atoms with E-state index in [2.05, 4.69) is 5.32 Å². The average Bonchev–Trinajstić information content (AvgIpc) is 2.83. The minimum atomic E-state index is -0.310. The quantitative estimate of drug-likeness (QED) is 0.304. The van der Waals surface area contributed by atoms with E-state index in [-0.39, 0.29) is 11.7 Å². The number of ether oxygens (including phenoxy) is 3. The molecule has 0 aromatic heterocycles. The fraction of sp³-hybridized carbons (Fsp3) is 0.222. The Balaban J connectivity index is 1.55. The summed E-state index contributed by atoms with van der Waals surface area (Å²) in [5, 5.41) is 2.85. The summed E-state index contributed by atoms with van der Waals surface area (Å²) in [6, 6.07) is 18.9. The van der Waals surface area contributed by atoms with Gasteiger partial charge in [-0.2, -0.15) is 0 Å². The molecule has 0 bridgehead atoms. The molecule has 3 aromatic rings. The first-order valence-electron chi connectivity index (χ1n) is 11.0. The Labute approximate surface area is 199 Å². The fourth-order valence-corrected chi connectivity index (χ4v) is 3.06. The molecule has 0 heterocycles. The van der Waals surface area contributed by atoms with Crippen LogP contribution in [0.4, 0.5) is 15.8 Å². The van der Waals surface area contributed by atoms with Gasteiger partial charge in [0.15, 0.2) is 11.5 Å². The standard InChI is InChI=1S/C27H29FN2O4/c1-4-32-26-19-20(6-16-27(31)29-22-9-11-23(12-10-22)30(2)3)5-15-25(26)34-18-17-33-24-13-7-21(28)8-14-24/h5-16,19H,4,17-18H2,1-3H3,(H,29,31). The Kier molecular flexibility index (Phi) is 8.91. The Morgan fingerprint density at radius 2 is 1.62 bits per heavy atom. The van der Waals surface area contributed by atoms with Crippen LogP contribution in [0.1, 0.15) is 12.5 Å². The van der Waals surface area contributed by atoms with E-state index < -0.39 is 0 Å². The first-order chi connectivity index (χ1) is 16.4. The zero-order valence-corrected chi connectivity index (χ0v) is 19.6. The molecular weight excluding hydrogens is 435 g/mol. The monoisotopic (exact) mass is 464 g/mol. The van der Waals surface area contributed by atoms with Crippen LogP contribution in [0.25, 0.3) is 6.08 Å². The van der Waals surface area contributed by atoms with Crippen LogP contribution in [-0.2, 0) is 4.79 Å². The smallest absolute Gasteiger partial charge is 0.248 e. The van der Waals surface area contributed by atoms with Crippen molar-refractivity contribution >= 4 is 23.4 Å². The number of benzene rings is 3. The zero-order chi connectivity index (χ0) is 24.3. The maximum atomic E-state index is 13.0. The maximum absolute atomic E-state index is 13.0. The maximum Gasteiger partial charge on any atom is 0.248 e. The van der Waals surface area contributed by atoms with Gasteiger partial charge in [0.2, 0.25) is 5.91 Å². The molecule has 3 rings (SSSR count). The minimum Gasteiger partial charge on any atom is -0.490 e. The summed E-state index contributed by atoms with van der Waals surface area (Å²) in [5.74, 6) is 1.18. The summed E-state index contributed by atoms with van der Waals surface area (Å²) in [6.45, 7) is 2.95. The van der Waals surface area contributed by atoms with Gasteiger partial charge >= 0.3 is 0 Å². The van der Waals surface area contributed by atoms with E-state index in [9.17, 15) is 9.18 Å². The van der Waals surface area contributed by atoms with Crippen LogP contribution in [0, 0.1) is 5.82 Å². The molecule has 0 aliphatic rings. The normalized spacial score (nSPS) is 10.7. The average molecular weight is 465 g/mol. The van der Waals surface area contributed by atoms with Gasteiger partial charge < -0.3 is 24.4 Å². The first-order valence-corrected chi connectivity index (χ1v) is 11.0. The molecule has 0 unspecified atom stereocenters. The highest BCUT2D eigenvalue weighted by molar-refractivity contribution is 6.02. The van der Waals surface area contributed by atoms with E-state index >= 15 is 0 Å². The topological polar surface area (TPSA) is 60.0 Å². The van der Waals surface area contributed by atoms with Crippen molar-refractivity contribution in [1.82, 2.24) is 0 Å². The van der Waals surface area contributed by atoms with Gasteiger partial charge in [-0.25, -0.2) is 4.39 Å². The van der Waals surface area contributed by atoms with E-state index in [1.54, 1.807) is 24.3 Å². The van der Waals surface area contributed by atoms with Crippen LogP contribution >= 0.6 is 0 Å². The van der Waals surface area contributed by atoms with Crippen molar-refractivity contribution in [3.63, 3.8) is 0 Å². The van der Waals surface area contributed by atoms with E-state index in [0.29, 0.717) is 37.1 Å². The van der Waals surface area contributed by atoms with Crippen molar-refractivity contribution in [3.8, 4) is 17.2 Å². The fourth-order valence-electron chi connectivity index (χ4n) is 3.06. The van der Waals surface area contributed by atoms with Crippen LogP contribution in [0.2, 0.25) is 0 Å². The molecule has 0 fully saturated rings. The van der Waals surface area contributed by atoms with Crippen molar-refractivity contribution in [1.29, 1.82) is 0 Å². The number of hydrogen-bond donors (Lipinski definition) is 1. The number of amides is 1. The predicted octanol–water partition coefficient (Wildman–Crippen LogP) is 5.40. The van der Waals surface area contributed by atoms with E-state index in [0.717, 1.165) is 16.9 Å². The van der Waals surface area contributed by atoms with E-state index in [1.165, 1.54) is 18.2 Å². The number of nitrogens with one attached hydrogen (secondary N) is 1. The lowest BCUT2D eigenvalue weighted by atomic mass is 10.2. The second-order valence-corrected chi connectivity index (χ2v) is 7.55. The molecule has 0 saturated carbocycles. The second-order valence-electron chi connectivity index (χ2n) is 7.55. The van der Waals surface area contributed by atoms with Crippen molar-refractivity contribution in [2.45, 2.75) is 6.92 Å². The molecule has 0 radical (unpaired) electrons. The van der Waals surface area contributed by atoms with Crippen LogP contribution < -0.4 is 24.4 Å². The van der Waals surface area contributed by atoms with Crippen molar-refractivity contribution in [3.05, 3.63) is 84.2 Å². The van der Waals surface area contributed by atoms with Crippen molar-refractivity contribution in [2.24, 2.45) is 0 Å². The summed E-state index contributed by atoms with van der Waals surface area (Å²) >= 11 is 0. The molecule has 1 N–H and O–H groups in total. The molecule has 1 amide bonds. The molecular formula is C27H29FN2O4. The van der Waals surface area contributed by atoms with Gasteiger partial charge in [0.25, 0.3) is 0 Å². The molecule has 34 heavy (non-hydrogen) atoms. The second kappa shape index (κ2) is 12.3. The van der Waals surface area contributed by atoms with Crippen LogP contribution in [0.15, 0.2) is 72.8 Å². The zero-order valence-electron chi connectivity index (χ0n) is 19.6. The summed E-state index contributed by atoms with van der Waals surface area (Å²) in [5.41, 5.74) is 2.58. The summed E-state index contributed by atoms with van der Waals surface area (Å²) in [4.78, 5) is 14.3. The van der Waals surface area contributed by atoms with E-state index in [4.69, 9.17) is 14.2 Å². The van der Waals surface area contributed by atoms with Gasteiger partial charge in [-0.3, -0.25) is 4.79 Å². The molecule has 0 saturated heterocycles. The number of carbonyl (C=O) groups is 1. The largest absolute Gasteiger partial charge is 0.490 e. The lowest BCUT2D eigenvalue weighted by Gasteiger charge is -2.13. The lowest BCUT2D eigenvalue weighted by Crippen LogP contribution is -2.10. The number of anilines is 2. The molecule has 0 atom stereocenters. The minimum absolute atomic E-state index is 0.228. The van der Waals surface area contributed by atoms with Gasteiger partial charge in [-0.05, 0) is 79.2 Å². The number of hydrogen-bond acceptors (Lipinski definition) is 5. The number of carbonyl (C=O) groups excluding carboxylic acids is 1. The third kappa shape index (κ3) is 7.55. The van der Waals surface area contributed by atoms with Crippen molar-refractivity contribution < 1.29 is 23.4 Å². The number of nitrogens with zero attached hydrogens (tertiary/aromatic N) is 1. The highest BCUT2D eigenvalue weighted by atomic mass is 19.1. The third-order valence-corrected chi connectivity index (χ3v) is 4.77. The summed E-state index contributed by atoms with van der Waals surface area (Å²) in [7, 11) is 3.93. The van der Waals surface area contributed by atoms with Gasteiger partial charge in [0, 0.05) is 31.5 Å². The molecule has 0 aliphatic carbocycles. The SMILES string of the molecule is CCOc1cc(C=CC(=O)Nc2ccc(N(C)C)cc2)ccc1OCCOc1ccc(F)cc1. The Hall–Kier alpha value is -4.00. The van der Waals surface area contributed by atoms with Gasteiger partial charge in [0.1, 0.15) is 24.8 Å². The third-order valence-electron chi connectivity index (χ3n) is 4.77. The van der Waals surface area contributed by atoms with Gasteiger partial charge in [-0.1, -0.05) is 6.07 Å². The Morgan fingerprint density at radius 3 is 2.29 bits per heavy atom. The van der Waals surface area contributed by atoms with Gasteiger partial charge in [0.05, 0.1) is 6.61 Å². The number of rotatable bonds is 11. The highest BCUT2D eigenvalue weighted by Gasteiger charge is 2.07. The van der Waals surface area contributed by atoms with Crippen LogP contribution in [-0.4, -0.2) is 39.8 Å². The first kappa shape index (κ1) is 24.6. The summed E-state index contributed by atoms with van der Waals surface area (Å²) in [6.07, 6.45) is 3.19. The molecule has 6 nitrogen and oxygen atoms in total. The van der Waals surface area contributed by atoms with Crippen LogP contribution in [0.3, 0.4) is 0 Å². The molecule has 0 aliphatic heterocycles. The molecule has 7 heteroatoms. The molecule has 3 aromatic carbocycles. The molecule has 0 spiro atoms.